The SMILES string of the molecule is CCCC(OC[C@H]1CCC[C@@H](OCc2nc(-c3ccc(C)cc3)oc2C)C1)C(=O)O. The van der Waals surface area contributed by atoms with Gasteiger partial charge in [-0.15, -0.1) is 0 Å². The third-order valence-corrected chi connectivity index (χ3v) is 5.74. The van der Waals surface area contributed by atoms with Crippen LogP contribution in [0.25, 0.3) is 11.5 Å². The Morgan fingerprint density at radius 1 is 1.27 bits per heavy atom. The van der Waals surface area contributed by atoms with Crippen molar-refractivity contribution in [3.63, 3.8) is 0 Å². The fourth-order valence-corrected chi connectivity index (χ4v) is 3.92. The third kappa shape index (κ3) is 6.16. The van der Waals surface area contributed by atoms with Crippen LogP contribution in [-0.4, -0.2) is 34.9 Å². The summed E-state index contributed by atoms with van der Waals surface area (Å²) in [6, 6.07) is 8.12. The second-order valence-corrected chi connectivity index (χ2v) is 8.30. The van der Waals surface area contributed by atoms with Crippen LogP contribution >= 0.6 is 0 Å². The number of rotatable bonds is 10. The number of aryl methyl sites for hydroxylation is 2. The van der Waals surface area contributed by atoms with E-state index in [0.717, 1.165) is 49.1 Å². The minimum atomic E-state index is -0.869. The van der Waals surface area contributed by atoms with Crippen molar-refractivity contribution in [2.24, 2.45) is 5.92 Å². The number of carboxylic acids is 1. The molecule has 1 heterocycles. The van der Waals surface area contributed by atoms with E-state index in [-0.39, 0.29) is 6.10 Å². The fourth-order valence-electron chi connectivity index (χ4n) is 3.92. The van der Waals surface area contributed by atoms with Gasteiger partial charge in [-0.05, 0) is 57.6 Å². The van der Waals surface area contributed by atoms with Gasteiger partial charge in [0.1, 0.15) is 11.5 Å². The molecule has 0 radical (unpaired) electrons. The molecule has 1 fully saturated rings. The van der Waals surface area contributed by atoms with E-state index in [1.165, 1.54) is 5.56 Å². The van der Waals surface area contributed by atoms with E-state index in [2.05, 4.69) is 11.9 Å². The molecule has 1 aliphatic carbocycles. The molecule has 0 amide bonds. The monoisotopic (exact) mass is 415 g/mol. The first-order chi connectivity index (χ1) is 14.5. The zero-order chi connectivity index (χ0) is 21.5. The van der Waals surface area contributed by atoms with Crippen LogP contribution in [0.4, 0.5) is 0 Å². The van der Waals surface area contributed by atoms with Crippen molar-refractivity contribution in [2.75, 3.05) is 6.61 Å². The lowest BCUT2D eigenvalue weighted by Gasteiger charge is -2.29. The maximum absolute atomic E-state index is 11.3. The Balaban J connectivity index is 1.51. The van der Waals surface area contributed by atoms with Crippen molar-refractivity contribution in [1.29, 1.82) is 0 Å². The molecular formula is C24H33NO5. The number of nitrogens with zero attached hydrogens (tertiary/aromatic N) is 1. The summed E-state index contributed by atoms with van der Waals surface area (Å²) in [6.45, 7) is 6.85. The van der Waals surface area contributed by atoms with Gasteiger partial charge in [0.05, 0.1) is 19.3 Å². The number of hydrogen-bond acceptors (Lipinski definition) is 5. The second kappa shape index (κ2) is 10.7. The first kappa shape index (κ1) is 22.5. The lowest BCUT2D eigenvalue weighted by Crippen LogP contribution is -2.30. The number of oxazole rings is 1. The quantitative estimate of drug-likeness (QED) is 0.567. The van der Waals surface area contributed by atoms with E-state index >= 15 is 0 Å². The van der Waals surface area contributed by atoms with Crippen LogP contribution in [0.15, 0.2) is 28.7 Å². The molecule has 1 aromatic heterocycles. The smallest absolute Gasteiger partial charge is 0.332 e. The second-order valence-electron chi connectivity index (χ2n) is 8.30. The van der Waals surface area contributed by atoms with Crippen LogP contribution in [0.2, 0.25) is 0 Å². The van der Waals surface area contributed by atoms with Gasteiger partial charge in [0.15, 0.2) is 6.10 Å². The van der Waals surface area contributed by atoms with Gasteiger partial charge in [0, 0.05) is 5.56 Å². The summed E-state index contributed by atoms with van der Waals surface area (Å²) in [5, 5.41) is 9.25. The highest BCUT2D eigenvalue weighted by Gasteiger charge is 2.26. The maximum Gasteiger partial charge on any atom is 0.332 e. The standard InChI is InChI=1S/C24H33NO5/c1-4-6-22(24(26)27)29-14-18-7-5-8-20(13-18)28-15-21-17(3)30-23(25-21)19-11-9-16(2)10-12-19/h9-12,18,20,22H,4-8,13-15H2,1-3H3,(H,26,27)/t18-,20+,22?/m0/s1. The fraction of sp³-hybridized carbons (Fsp3) is 0.583. The van der Waals surface area contributed by atoms with E-state index in [9.17, 15) is 9.90 Å². The number of aliphatic carboxylic acids is 1. The lowest BCUT2D eigenvalue weighted by atomic mass is 9.87. The number of ether oxygens (including phenoxy) is 2. The molecule has 2 aromatic rings. The van der Waals surface area contributed by atoms with Crippen molar-refractivity contribution < 1.29 is 23.8 Å². The molecule has 0 bridgehead atoms. The Morgan fingerprint density at radius 2 is 2.03 bits per heavy atom. The normalized spacial score (nSPS) is 20.2. The summed E-state index contributed by atoms with van der Waals surface area (Å²) >= 11 is 0. The molecule has 6 heteroatoms. The summed E-state index contributed by atoms with van der Waals surface area (Å²) in [5.41, 5.74) is 2.99. The Labute approximate surface area is 178 Å². The molecular weight excluding hydrogens is 382 g/mol. The first-order valence-electron chi connectivity index (χ1n) is 11.0. The van der Waals surface area contributed by atoms with Crippen LogP contribution in [0.5, 0.6) is 0 Å². The van der Waals surface area contributed by atoms with Crippen LogP contribution in [-0.2, 0) is 20.9 Å². The van der Waals surface area contributed by atoms with Crippen LogP contribution in [0, 0.1) is 19.8 Å². The highest BCUT2D eigenvalue weighted by molar-refractivity contribution is 5.72. The van der Waals surface area contributed by atoms with Crippen LogP contribution < -0.4 is 0 Å². The molecule has 1 N–H and O–H groups in total. The van der Waals surface area contributed by atoms with Gasteiger partial charge in [0.25, 0.3) is 0 Å². The molecule has 1 aliphatic rings. The zero-order valence-corrected chi connectivity index (χ0v) is 18.2. The minimum Gasteiger partial charge on any atom is -0.479 e. The Morgan fingerprint density at radius 3 is 2.73 bits per heavy atom. The summed E-state index contributed by atoms with van der Waals surface area (Å²) in [4.78, 5) is 15.9. The number of aromatic nitrogens is 1. The number of carbonyl (C=O) groups is 1. The molecule has 1 saturated carbocycles. The van der Waals surface area contributed by atoms with Gasteiger partial charge < -0.3 is 19.0 Å². The highest BCUT2D eigenvalue weighted by Crippen LogP contribution is 2.29. The highest BCUT2D eigenvalue weighted by atomic mass is 16.5. The van der Waals surface area contributed by atoms with Gasteiger partial charge in [-0.3, -0.25) is 0 Å². The third-order valence-electron chi connectivity index (χ3n) is 5.74. The predicted octanol–water partition coefficient (Wildman–Crippen LogP) is 5.30. The van der Waals surface area contributed by atoms with E-state index in [1.807, 2.05) is 38.1 Å². The van der Waals surface area contributed by atoms with Crippen molar-refractivity contribution in [3.05, 3.63) is 41.3 Å². The zero-order valence-electron chi connectivity index (χ0n) is 18.2. The molecule has 0 saturated heterocycles. The van der Waals surface area contributed by atoms with E-state index in [0.29, 0.717) is 31.4 Å². The largest absolute Gasteiger partial charge is 0.479 e. The van der Waals surface area contributed by atoms with Crippen LogP contribution in [0.1, 0.15) is 62.5 Å². The summed E-state index contributed by atoms with van der Waals surface area (Å²) in [5.74, 6) is 0.872. The van der Waals surface area contributed by atoms with Crippen molar-refractivity contribution in [3.8, 4) is 11.5 Å². The maximum atomic E-state index is 11.3. The molecule has 1 unspecified atom stereocenters. The van der Waals surface area contributed by atoms with Gasteiger partial charge in [-0.1, -0.05) is 37.5 Å². The molecule has 3 rings (SSSR count). The van der Waals surface area contributed by atoms with Crippen molar-refractivity contribution in [2.45, 2.75) is 78.1 Å². The van der Waals surface area contributed by atoms with Gasteiger partial charge in [0.2, 0.25) is 5.89 Å². The average molecular weight is 416 g/mol. The number of carboxylic acid groups (broad SMARTS) is 1. The van der Waals surface area contributed by atoms with Crippen molar-refractivity contribution in [1.82, 2.24) is 4.98 Å². The van der Waals surface area contributed by atoms with E-state index < -0.39 is 12.1 Å². The first-order valence-corrected chi connectivity index (χ1v) is 11.0. The average Bonchev–Trinajstić information content (AvgIpc) is 3.10. The molecule has 1 aromatic carbocycles. The molecule has 30 heavy (non-hydrogen) atoms. The number of benzene rings is 1. The molecule has 3 atom stereocenters. The molecule has 164 valence electrons. The summed E-state index contributed by atoms with van der Waals surface area (Å²) in [7, 11) is 0. The van der Waals surface area contributed by atoms with Gasteiger partial charge >= 0.3 is 5.97 Å². The summed E-state index contributed by atoms with van der Waals surface area (Å²) in [6.07, 6.45) is 4.81. The molecule has 0 aliphatic heterocycles. The minimum absolute atomic E-state index is 0.140. The number of hydrogen-bond donors (Lipinski definition) is 1. The van der Waals surface area contributed by atoms with Gasteiger partial charge in [-0.25, -0.2) is 9.78 Å². The molecule has 0 spiro atoms. The summed E-state index contributed by atoms with van der Waals surface area (Å²) < 4.78 is 17.7. The Kier molecular flexibility index (Phi) is 8.05. The topological polar surface area (TPSA) is 81.8 Å². The Hall–Kier alpha value is -2.18. The lowest BCUT2D eigenvalue weighted by molar-refractivity contribution is -0.152. The van der Waals surface area contributed by atoms with E-state index in [1.54, 1.807) is 0 Å². The molecule has 6 nitrogen and oxygen atoms in total. The van der Waals surface area contributed by atoms with Gasteiger partial charge in [-0.2, -0.15) is 0 Å². The van der Waals surface area contributed by atoms with Crippen molar-refractivity contribution >= 4 is 5.97 Å². The Bertz CT molecular complexity index is 814. The van der Waals surface area contributed by atoms with E-state index in [4.69, 9.17) is 13.9 Å². The predicted molar refractivity (Wildman–Crippen MR) is 114 cm³/mol. The van der Waals surface area contributed by atoms with Crippen LogP contribution in [0.3, 0.4) is 0 Å².